The lowest BCUT2D eigenvalue weighted by Crippen LogP contribution is -2.44. The number of hydrogen-bond donors (Lipinski definition) is 2. The zero-order valence-corrected chi connectivity index (χ0v) is 15.0. The van der Waals surface area contributed by atoms with Crippen molar-refractivity contribution in [1.82, 2.24) is 24.6 Å². The van der Waals surface area contributed by atoms with Crippen LogP contribution < -0.4 is 5.32 Å². The van der Waals surface area contributed by atoms with Gasteiger partial charge >= 0.3 is 0 Å². The molecular formula is C19H23N5O2. The number of fused-ring (bicyclic) bond motifs is 1. The van der Waals surface area contributed by atoms with E-state index in [0.717, 1.165) is 35.1 Å². The molecule has 1 amide bonds. The molecule has 0 aliphatic heterocycles. The van der Waals surface area contributed by atoms with Crippen LogP contribution in [0.1, 0.15) is 36.0 Å². The molecular weight excluding hydrogens is 330 g/mol. The predicted molar refractivity (Wildman–Crippen MR) is 97.5 cm³/mol. The number of nitrogens with one attached hydrogen (secondary N) is 1. The van der Waals surface area contributed by atoms with Crippen molar-refractivity contribution in [3.63, 3.8) is 0 Å². The Morgan fingerprint density at radius 2 is 2.04 bits per heavy atom. The van der Waals surface area contributed by atoms with Gasteiger partial charge in [0.15, 0.2) is 5.82 Å². The molecule has 0 saturated heterocycles. The maximum absolute atomic E-state index is 12.4. The monoisotopic (exact) mass is 353 g/mol. The van der Waals surface area contributed by atoms with Gasteiger partial charge in [-0.25, -0.2) is 0 Å². The Hall–Kier alpha value is -2.67. The first-order valence-electron chi connectivity index (χ1n) is 8.88. The summed E-state index contributed by atoms with van der Waals surface area (Å²) in [4.78, 5) is 12.4. The van der Waals surface area contributed by atoms with Gasteiger partial charge in [-0.1, -0.05) is 18.2 Å². The van der Waals surface area contributed by atoms with Gasteiger partial charge in [0.25, 0.3) is 0 Å². The third kappa shape index (κ3) is 2.88. The number of aliphatic hydroxyl groups is 1. The highest BCUT2D eigenvalue weighted by Crippen LogP contribution is 2.36. The Bertz CT molecular complexity index is 952. The largest absolute Gasteiger partial charge is 0.388 e. The average Bonchev–Trinajstić information content (AvgIpc) is 3.11. The first-order chi connectivity index (χ1) is 12.6. The zero-order valence-electron chi connectivity index (χ0n) is 15.0. The van der Waals surface area contributed by atoms with Crippen molar-refractivity contribution >= 4 is 16.8 Å². The van der Waals surface area contributed by atoms with Gasteiger partial charge in [-0.3, -0.25) is 4.79 Å². The van der Waals surface area contributed by atoms with E-state index in [1.54, 1.807) is 0 Å². The van der Waals surface area contributed by atoms with Gasteiger partial charge in [-0.05, 0) is 24.5 Å². The van der Waals surface area contributed by atoms with Crippen LogP contribution >= 0.6 is 0 Å². The third-order valence-electron chi connectivity index (χ3n) is 5.34. The van der Waals surface area contributed by atoms with Crippen LogP contribution in [0, 0.1) is 0 Å². The fourth-order valence-electron chi connectivity index (χ4n) is 3.83. The van der Waals surface area contributed by atoms with E-state index < -0.39 is 0 Å². The molecule has 7 heteroatoms. The molecule has 1 aromatic carbocycles. The Kier molecular flexibility index (Phi) is 4.24. The van der Waals surface area contributed by atoms with Crippen LogP contribution in [-0.4, -0.2) is 36.4 Å². The van der Waals surface area contributed by atoms with E-state index in [1.807, 2.05) is 37.0 Å². The van der Waals surface area contributed by atoms with E-state index in [1.165, 1.54) is 0 Å². The number of hydrogen-bond acceptors (Lipinski definition) is 4. The van der Waals surface area contributed by atoms with Crippen LogP contribution in [0.4, 0.5) is 0 Å². The summed E-state index contributed by atoms with van der Waals surface area (Å²) >= 11 is 0. The molecule has 0 radical (unpaired) electrons. The summed E-state index contributed by atoms with van der Waals surface area (Å²) < 4.78 is 3.91. The highest BCUT2D eigenvalue weighted by atomic mass is 16.3. The second kappa shape index (κ2) is 6.57. The molecule has 3 aromatic rings. The summed E-state index contributed by atoms with van der Waals surface area (Å²) in [6.45, 7) is -0.110. The van der Waals surface area contributed by atoms with E-state index >= 15 is 0 Å². The number of rotatable bonds is 5. The molecule has 7 nitrogen and oxygen atoms in total. The summed E-state index contributed by atoms with van der Waals surface area (Å²) in [5.74, 6) is 1.80. The minimum Gasteiger partial charge on any atom is -0.388 e. The van der Waals surface area contributed by atoms with E-state index in [4.69, 9.17) is 0 Å². The second-order valence-electron chi connectivity index (χ2n) is 7.08. The molecule has 4 rings (SSSR count). The normalized spacial score (nSPS) is 19.5. The number of aryl methyl sites for hydroxylation is 1. The molecule has 136 valence electrons. The SMILES string of the molecule is Cn1c(CO)nnc1C1CC(NC(=O)Cc2cn(C)c3ccccc23)C1. The number of para-hydroxylation sites is 1. The first-order valence-corrected chi connectivity index (χ1v) is 8.88. The molecule has 2 aromatic heterocycles. The number of benzene rings is 1. The Morgan fingerprint density at radius 1 is 1.27 bits per heavy atom. The quantitative estimate of drug-likeness (QED) is 0.726. The highest BCUT2D eigenvalue weighted by Gasteiger charge is 2.34. The molecule has 26 heavy (non-hydrogen) atoms. The maximum atomic E-state index is 12.4. The van der Waals surface area contributed by atoms with E-state index in [9.17, 15) is 9.90 Å². The Labute approximate surface area is 151 Å². The van der Waals surface area contributed by atoms with Crippen LogP contribution in [0.15, 0.2) is 30.5 Å². The summed E-state index contributed by atoms with van der Waals surface area (Å²) in [5.41, 5.74) is 2.19. The molecule has 1 fully saturated rings. The molecule has 1 saturated carbocycles. The second-order valence-corrected chi connectivity index (χ2v) is 7.08. The lowest BCUT2D eigenvalue weighted by Gasteiger charge is -2.35. The van der Waals surface area contributed by atoms with Gasteiger partial charge in [-0.15, -0.1) is 10.2 Å². The molecule has 0 unspecified atom stereocenters. The summed E-state index contributed by atoms with van der Waals surface area (Å²) in [5, 5.41) is 21.6. The van der Waals surface area contributed by atoms with Crippen molar-refractivity contribution < 1.29 is 9.90 Å². The topological polar surface area (TPSA) is 85.0 Å². The van der Waals surface area contributed by atoms with Gasteiger partial charge in [0, 0.05) is 43.2 Å². The lowest BCUT2D eigenvalue weighted by atomic mass is 9.79. The molecule has 1 aliphatic carbocycles. The fraction of sp³-hybridized carbons (Fsp3) is 0.421. The number of nitrogens with zero attached hydrogens (tertiary/aromatic N) is 4. The number of aromatic nitrogens is 4. The van der Waals surface area contributed by atoms with Crippen LogP contribution in [0.3, 0.4) is 0 Å². The number of amides is 1. The third-order valence-corrected chi connectivity index (χ3v) is 5.34. The Morgan fingerprint density at radius 3 is 2.77 bits per heavy atom. The molecule has 0 spiro atoms. The summed E-state index contributed by atoms with van der Waals surface area (Å²) in [6, 6.07) is 8.31. The fourth-order valence-corrected chi connectivity index (χ4v) is 3.83. The summed E-state index contributed by atoms with van der Waals surface area (Å²) in [7, 11) is 3.87. The standard InChI is InChI=1S/C19H23N5O2/c1-23-10-13(15-5-3-4-6-16(15)23)9-18(26)20-14-7-12(8-14)19-22-21-17(11-25)24(19)2/h3-6,10,12,14,25H,7-9,11H2,1-2H3,(H,20,26). The van der Waals surface area contributed by atoms with Gasteiger partial charge in [0.05, 0.1) is 6.42 Å². The predicted octanol–water partition coefficient (Wildman–Crippen LogP) is 1.40. The average molecular weight is 353 g/mol. The van der Waals surface area contributed by atoms with Crippen molar-refractivity contribution in [2.24, 2.45) is 14.1 Å². The van der Waals surface area contributed by atoms with Gasteiger partial charge in [0.1, 0.15) is 12.4 Å². The van der Waals surface area contributed by atoms with Crippen molar-refractivity contribution in [2.45, 2.75) is 37.8 Å². The molecule has 2 N–H and O–H groups in total. The number of carbonyl (C=O) groups excluding carboxylic acids is 1. The minimum atomic E-state index is -0.110. The smallest absolute Gasteiger partial charge is 0.224 e. The van der Waals surface area contributed by atoms with E-state index in [-0.39, 0.29) is 24.5 Å². The van der Waals surface area contributed by atoms with Gasteiger partial charge in [-0.2, -0.15) is 0 Å². The van der Waals surface area contributed by atoms with Gasteiger partial charge in [0.2, 0.25) is 5.91 Å². The van der Waals surface area contributed by atoms with Crippen molar-refractivity contribution in [2.75, 3.05) is 0 Å². The summed E-state index contributed by atoms with van der Waals surface area (Å²) in [6.07, 6.45) is 4.14. The Balaban J connectivity index is 1.35. The molecule has 1 aliphatic rings. The van der Waals surface area contributed by atoms with Crippen LogP contribution in [-0.2, 0) is 31.9 Å². The highest BCUT2D eigenvalue weighted by molar-refractivity contribution is 5.89. The first kappa shape index (κ1) is 16.8. The van der Waals surface area contributed by atoms with E-state index in [2.05, 4.69) is 32.2 Å². The zero-order chi connectivity index (χ0) is 18.3. The van der Waals surface area contributed by atoms with Crippen molar-refractivity contribution in [1.29, 1.82) is 0 Å². The number of aliphatic hydroxyl groups excluding tert-OH is 1. The number of carbonyl (C=O) groups is 1. The van der Waals surface area contributed by atoms with E-state index in [0.29, 0.717) is 12.2 Å². The maximum Gasteiger partial charge on any atom is 0.224 e. The van der Waals surface area contributed by atoms with Crippen LogP contribution in [0.2, 0.25) is 0 Å². The van der Waals surface area contributed by atoms with Crippen molar-refractivity contribution in [3.05, 3.63) is 47.7 Å². The molecule has 0 atom stereocenters. The minimum absolute atomic E-state index is 0.0545. The molecule has 2 heterocycles. The lowest BCUT2D eigenvalue weighted by molar-refractivity contribution is -0.121. The van der Waals surface area contributed by atoms with Gasteiger partial charge < -0.3 is 19.6 Å². The van der Waals surface area contributed by atoms with Crippen molar-refractivity contribution in [3.8, 4) is 0 Å². The molecule has 0 bridgehead atoms. The van der Waals surface area contributed by atoms with Crippen LogP contribution in [0.25, 0.3) is 10.9 Å². The van der Waals surface area contributed by atoms with Crippen LogP contribution in [0.5, 0.6) is 0 Å².